The SMILES string of the molecule is CCOC(=O)C1CCN(C(=O)c2ccc(Br)cc2N)CC1. The van der Waals surface area contributed by atoms with E-state index in [2.05, 4.69) is 15.9 Å². The minimum absolute atomic E-state index is 0.0812. The Bertz CT molecular complexity index is 540. The van der Waals surface area contributed by atoms with Crippen molar-refractivity contribution in [1.82, 2.24) is 4.90 Å². The molecule has 0 atom stereocenters. The Balaban J connectivity index is 1.98. The first-order valence-corrected chi connectivity index (χ1v) is 7.83. The first-order valence-electron chi connectivity index (χ1n) is 7.04. The summed E-state index contributed by atoms with van der Waals surface area (Å²) in [5.74, 6) is -0.341. The van der Waals surface area contributed by atoms with Gasteiger partial charge in [0.1, 0.15) is 0 Å². The molecule has 0 aromatic heterocycles. The van der Waals surface area contributed by atoms with E-state index < -0.39 is 0 Å². The highest BCUT2D eigenvalue weighted by molar-refractivity contribution is 9.10. The molecule has 1 aliphatic rings. The first kappa shape index (κ1) is 15.8. The fourth-order valence-corrected chi connectivity index (χ4v) is 2.86. The van der Waals surface area contributed by atoms with Crippen molar-refractivity contribution in [2.75, 3.05) is 25.4 Å². The van der Waals surface area contributed by atoms with Gasteiger partial charge in [-0.15, -0.1) is 0 Å². The predicted molar refractivity (Wildman–Crippen MR) is 83.8 cm³/mol. The number of amides is 1. The second-order valence-corrected chi connectivity index (χ2v) is 5.97. The van der Waals surface area contributed by atoms with Crippen LogP contribution in [0, 0.1) is 5.92 Å². The number of hydrogen-bond donors (Lipinski definition) is 1. The fourth-order valence-electron chi connectivity index (χ4n) is 2.48. The first-order chi connectivity index (χ1) is 10.0. The lowest BCUT2D eigenvalue weighted by Crippen LogP contribution is -2.40. The second-order valence-electron chi connectivity index (χ2n) is 5.05. The average Bonchev–Trinajstić information content (AvgIpc) is 2.47. The van der Waals surface area contributed by atoms with Crippen molar-refractivity contribution < 1.29 is 14.3 Å². The highest BCUT2D eigenvalue weighted by Crippen LogP contribution is 2.24. The van der Waals surface area contributed by atoms with E-state index in [9.17, 15) is 9.59 Å². The number of halogens is 1. The number of nitrogen functional groups attached to an aromatic ring is 1. The van der Waals surface area contributed by atoms with Crippen LogP contribution in [0.3, 0.4) is 0 Å². The van der Waals surface area contributed by atoms with Crippen molar-refractivity contribution in [3.8, 4) is 0 Å². The van der Waals surface area contributed by atoms with Gasteiger partial charge >= 0.3 is 5.97 Å². The molecular formula is C15H19BrN2O3. The van der Waals surface area contributed by atoms with Gasteiger partial charge in [0.15, 0.2) is 0 Å². The molecule has 5 nitrogen and oxygen atoms in total. The number of esters is 1. The normalized spacial score (nSPS) is 15.8. The largest absolute Gasteiger partial charge is 0.466 e. The monoisotopic (exact) mass is 354 g/mol. The molecule has 1 aromatic carbocycles. The summed E-state index contributed by atoms with van der Waals surface area (Å²) in [5.41, 5.74) is 6.86. The molecule has 114 valence electrons. The van der Waals surface area contributed by atoms with Crippen LogP contribution in [0.2, 0.25) is 0 Å². The van der Waals surface area contributed by atoms with E-state index in [-0.39, 0.29) is 17.8 Å². The van der Waals surface area contributed by atoms with Crippen LogP contribution in [-0.2, 0) is 9.53 Å². The lowest BCUT2D eigenvalue weighted by Gasteiger charge is -2.31. The number of benzene rings is 1. The molecule has 1 saturated heterocycles. The van der Waals surface area contributed by atoms with Crippen LogP contribution in [0.15, 0.2) is 22.7 Å². The molecule has 0 saturated carbocycles. The predicted octanol–water partition coefficient (Wildman–Crippen LogP) is 2.45. The lowest BCUT2D eigenvalue weighted by molar-refractivity contribution is -0.149. The van der Waals surface area contributed by atoms with Gasteiger partial charge in [-0.3, -0.25) is 9.59 Å². The number of carbonyl (C=O) groups excluding carboxylic acids is 2. The Labute approximate surface area is 132 Å². The molecule has 0 bridgehead atoms. The molecule has 1 aliphatic heterocycles. The molecule has 2 N–H and O–H groups in total. The minimum atomic E-state index is -0.159. The van der Waals surface area contributed by atoms with Crippen LogP contribution in [0.4, 0.5) is 5.69 Å². The second kappa shape index (κ2) is 6.93. The Kier molecular flexibility index (Phi) is 5.22. The van der Waals surface area contributed by atoms with Crippen LogP contribution in [0.25, 0.3) is 0 Å². The topological polar surface area (TPSA) is 72.6 Å². The van der Waals surface area contributed by atoms with Crippen LogP contribution < -0.4 is 5.73 Å². The third kappa shape index (κ3) is 3.75. The number of hydrogen-bond acceptors (Lipinski definition) is 4. The Morgan fingerprint density at radius 2 is 2.05 bits per heavy atom. The van der Waals surface area contributed by atoms with Gasteiger partial charge < -0.3 is 15.4 Å². The quantitative estimate of drug-likeness (QED) is 0.668. The van der Waals surface area contributed by atoms with Crippen molar-refractivity contribution in [2.24, 2.45) is 5.92 Å². The van der Waals surface area contributed by atoms with Gasteiger partial charge in [-0.05, 0) is 38.0 Å². The number of rotatable bonds is 3. The van der Waals surface area contributed by atoms with Crippen molar-refractivity contribution in [1.29, 1.82) is 0 Å². The molecule has 1 aromatic rings. The average molecular weight is 355 g/mol. The van der Waals surface area contributed by atoms with Gasteiger partial charge in [-0.2, -0.15) is 0 Å². The summed E-state index contributed by atoms with van der Waals surface area (Å²) in [6.45, 7) is 3.30. The van der Waals surface area contributed by atoms with Crippen molar-refractivity contribution in [2.45, 2.75) is 19.8 Å². The molecule has 0 radical (unpaired) electrons. The summed E-state index contributed by atoms with van der Waals surface area (Å²) in [4.78, 5) is 25.9. The third-order valence-electron chi connectivity index (χ3n) is 3.65. The standard InChI is InChI=1S/C15H19BrN2O3/c1-2-21-15(20)10-5-7-18(8-6-10)14(19)12-4-3-11(16)9-13(12)17/h3-4,9-10H,2,5-8,17H2,1H3. The van der Waals surface area contributed by atoms with Crippen molar-refractivity contribution in [3.63, 3.8) is 0 Å². The van der Waals surface area contributed by atoms with Crippen LogP contribution in [0.5, 0.6) is 0 Å². The molecule has 6 heteroatoms. The van der Waals surface area contributed by atoms with Crippen molar-refractivity contribution in [3.05, 3.63) is 28.2 Å². The van der Waals surface area contributed by atoms with Crippen LogP contribution >= 0.6 is 15.9 Å². The lowest BCUT2D eigenvalue weighted by atomic mass is 9.96. The summed E-state index contributed by atoms with van der Waals surface area (Å²) < 4.78 is 5.87. The molecule has 21 heavy (non-hydrogen) atoms. The van der Waals surface area contributed by atoms with E-state index in [0.717, 1.165) is 4.47 Å². The molecule has 0 unspecified atom stereocenters. The summed E-state index contributed by atoms with van der Waals surface area (Å²) in [7, 11) is 0. The van der Waals surface area contributed by atoms with Gasteiger partial charge in [0.05, 0.1) is 18.1 Å². The van der Waals surface area contributed by atoms with E-state index in [4.69, 9.17) is 10.5 Å². The van der Waals surface area contributed by atoms with E-state index in [1.54, 1.807) is 30.0 Å². The highest BCUT2D eigenvalue weighted by Gasteiger charge is 2.29. The molecule has 0 aliphatic carbocycles. The van der Waals surface area contributed by atoms with Crippen LogP contribution in [-0.4, -0.2) is 36.5 Å². The Morgan fingerprint density at radius 3 is 2.62 bits per heavy atom. The maximum atomic E-state index is 12.4. The van der Waals surface area contributed by atoms with Gasteiger partial charge in [0, 0.05) is 23.2 Å². The van der Waals surface area contributed by atoms with E-state index in [0.29, 0.717) is 43.8 Å². The van der Waals surface area contributed by atoms with Gasteiger partial charge in [0.25, 0.3) is 5.91 Å². The number of nitrogens with zero attached hydrogens (tertiary/aromatic N) is 1. The zero-order valence-electron chi connectivity index (χ0n) is 12.0. The maximum absolute atomic E-state index is 12.4. The Hall–Kier alpha value is -1.56. The molecule has 1 fully saturated rings. The number of ether oxygens (including phenoxy) is 1. The smallest absolute Gasteiger partial charge is 0.309 e. The molecule has 2 rings (SSSR count). The van der Waals surface area contributed by atoms with E-state index >= 15 is 0 Å². The summed E-state index contributed by atoms with van der Waals surface area (Å²) in [5, 5.41) is 0. The number of nitrogens with two attached hydrogens (primary N) is 1. The van der Waals surface area contributed by atoms with Crippen molar-refractivity contribution >= 4 is 33.5 Å². The van der Waals surface area contributed by atoms with Gasteiger partial charge in [-0.25, -0.2) is 0 Å². The summed E-state index contributed by atoms with van der Waals surface area (Å²) >= 11 is 3.32. The van der Waals surface area contributed by atoms with Crippen LogP contribution in [0.1, 0.15) is 30.1 Å². The van der Waals surface area contributed by atoms with Gasteiger partial charge in [-0.1, -0.05) is 15.9 Å². The summed E-state index contributed by atoms with van der Waals surface area (Å²) in [6.07, 6.45) is 1.28. The zero-order chi connectivity index (χ0) is 15.4. The molecular weight excluding hydrogens is 336 g/mol. The zero-order valence-corrected chi connectivity index (χ0v) is 13.6. The fraction of sp³-hybridized carbons (Fsp3) is 0.467. The van der Waals surface area contributed by atoms with Gasteiger partial charge in [0.2, 0.25) is 0 Å². The number of anilines is 1. The Morgan fingerprint density at radius 1 is 1.38 bits per heavy atom. The number of piperidine rings is 1. The summed E-state index contributed by atoms with van der Waals surface area (Å²) in [6, 6.07) is 5.24. The van der Waals surface area contributed by atoms with E-state index in [1.807, 2.05) is 0 Å². The van der Waals surface area contributed by atoms with E-state index in [1.165, 1.54) is 0 Å². The molecule has 1 amide bonds. The molecule has 0 spiro atoms. The molecule has 1 heterocycles. The number of likely N-dealkylation sites (tertiary alicyclic amines) is 1. The maximum Gasteiger partial charge on any atom is 0.309 e. The highest BCUT2D eigenvalue weighted by atomic mass is 79.9. The third-order valence-corrected chi connectivity index (χ3v) is 4.14. The number of carbonyl (C=O) groups is 2. The minimum Gasteiger partial charge on any atom is -0.466 e.